The predicted octanol–water partition coefficient (Wildman–Crippen LogP) is 2.26. The van der Waals surface area contributed by atoms with Crippen LogP contribution in [-0.2, 0) is 24.3 Å². The van der Waals surface area contributed by atoms with Crippen molar-refractivity contribution in [3.63, 3.8) is 0 Å². The summed E-state index contributed by atoms with van der Waals surface area (Å²) in [7, 11) is 0. The molecule has 1 saturated carbocycles. The average molecular weight is 326 g/mol. The number of hydrogen-bond acceptors (Lipinski definition) is 3. The third kappa shape index (κ3) is 4.45. The number of benzene rings is 1. The monoisotopic (exact) mass is 326 g/mol. The maximum Gasteiger partial charge on any atom is 0.223 e. The fourth-order valence-corrected chi connectivity index (χ4v) is 3.37. The van der Waals surface area contributed by atoms with E-state index >= 15 is 0 Å². The molecule has 0 radical (unpaired) electrons. The number of carbonyl (C=O) groups excluding carboxylic acids is 1. The molecule has 5 heteroatoms. The van der Waals surface area contributed by atoms with Crippen molar-refractivity contribution in [2.75, 3.05) is 0 Å². The maximum absolute atomic E-state index is 12.2. The maximum atomic E-state index is 12.2. The van der Waals surface area contributed by atoms with Crippen molar-refractivity contribution in [2.24, 2.45) is 11.7 Å². The molecule has 2 atom stereocenters. The van der Waals surface area contributed by atoms with E-state index in [1.807, 2.05) is 12.3 Å². The standard InChI is InChI=1S/C19H26N4O/c20-17-9-8-16(13-17)19(24)22-14-18-21-10-12-23(18)11-4-7-15-5-2-1-3-6-15/h1-3,5-6,10,12,16-17H,4,7-9,11,13-14,20H2,(H,22,24). The van der Waals surface area contributed by atoms with E-state index in [0.717, 1.165) is 44.5 Å². The number of aryl methyl sites for hydroxylation is 2. The number of nitrogens with two attached hydrogens (primary N) is 1. The molecular weight excluding hydrogens is 300 g/mol. The highest BCUT2D eigenvalue weighted by molar-refractivity contribution is 5.78. The van der Waals surface area contributed by atoms with E-state index in [1.165, 1.54) is 5.56 Å². The lowest BCUT2D eigenvalue weighted by Crippen LogP contribution is -2.31. The van der Waals surface area contributed by atoms with Crippen LogP contribution in [0.1, 0.15) is 37.1 Å². The molecule has 3 rings (SSSR count). The van der Waals surface area contributed by atoms with E-state index in [-0.39, 0.29) is 17.9 Å². The second-order valence-electron chi connectivity index (χ2n) is 6.61. The minimum atomic E-state index is 0.0708. The van der Waals surface area contributed by atoms with Crippen LogP contribution in [0, 0.1) is 5.92 Å². The van der Waals surface area contributed by atoms with Crippen LogP contribution in [-0.4, -0.2) is 21.5 Å². The molecule has 1 aliphatic rings. The van der Waals surface area contributed by atoms with Gasteiger partial charge in [-0.15, -0.1) is 0 Å². The number of nitrogens with one attached hydrogen (secondary N) is 1. The first-order valence-electron chi connectivity index (χ1n) is 8.79. The molecule has 2 aromatic rings. The number of aromatic nitrogens is 2. The lowest BCUT2D eigenvalue weighted by atomic mass is 10.1. The Bertz CT molecular complexity index is 652. The van der Waals surface area contributed by atoms with Crippen molar-refractivity contribution in [1.82, 2.24) is 14.9 Å². The summed E-state index contributed by atoms with van der Waals surface area (Å²) in [6, 6.07) is 10.7. The summed E-state index contributed by atoms with van der Waals surface area (Å²) >= 11 is 0. The van der Waals surface area contributed by atoms with E-state index in [2.05, 4.69) is 39.1 Å². The normalized spacial score (nSPS) is 20.2. The van der Waals surface area contributed by atoms with E-state index < -0.39 is 0 Å². The van der Waals surface area contributed by atoms with Gasteiger partial charge in [-0.2, -0.15) is 0 Å². The van der Waals surface area contributed by atoms with Crippen molar-refractivity contribution >= 4 is 5.91 Å². The number of imidazole rings is 1. The Morgan fingerprint density at radius 1 is 1.29 bits per heavy atom. The van der Waals surface area contributed by atoms with E-state index in [0.29, 0.717) is 6.54 Å². The van der Waals surface area contributed by atoms with E-state index in [4.69, 9.17) is 5.73 Å². The highest BCUT2D eigenvalue weighted by Crippen LogP contribution is 2.24. The van der Waals surface area contributed by atoms with Gasteiger partial charge in [0.15, 0.2) is 0 Å². The molecule has 5 nitrogen and oxygen atoms in total. The van der Waals surface area contributed by atoms with Crippen LogP contribution in [0.5, 0.6) is 0 Å². The van der Waals surface area contributed by atoms with Crippen LogP contribution in [0.2, 0.25) is 0 Å². The molecule has 1 aromatic carbocycles. The summed E-state index contributed by atoms with van der Waals surface area (Å²) < 4.78 is 2.13. The minimum Gasteiger partial charge on any atom is -0.349 e. The number of carbonyl (C=O) groups is 1. The Morgan fingerprint density at radius 2 is 2.12 bits per heavy atom. The number of amides is 1. The number of nitrogens with zero attached hydrogens (tertiary/aromatic N) is 2. The van der Waals surface area contributed by atoms with Gasteiger partial charge in [-0.1, -0.05) is 30.3 Å². The largest absolute Gasteiger partial charge is 0.349 e. The summed E-state index contributed by atoms with van der Waals surface area (Å²) in [6.07, 6.45) is 8.54. The quantitative estimate of drug-likeness (QED) is 0.820. The third-order valence-electron chi connectivity index (χ3n) is 4.77. The van der Waals surface area contributed by atoms with Crippen molar-refractivity contribution in [3.05, 3.63) is 54.1 Å². The highest BCUT2D eigenvalue weighted by atomic mass is 16.1. The summed E-state index contributed by atoms with van der Waals surface area (Å²) in [5.41, 5.74) is 7.24. The van der Waals surface area contributed by atoms with Crippen molar-refractivity contribution in [2.45, 2.75) is 51.2 Å². The van der Waals surface area contributed by atoms with Crippen molar-refractivity contribution in [1.29, 1.82) is 0 Å². The van der Waals surface area contributed by atoms with Crippen LogP contribution in [0.4, 0.5) is 0 Å². The Kier molecular flexibility index (Phi) is 5.64. The summed E-state index contributed by atoms with van der Waals surface area (Å²) in [5.74, 6) is 1.10. The Morgan fingerprint density at radius 3 is 2.88 bits per heavy atom. The Balaban J connectivity index is 1.45. The molecule has 1 fully saturated rings. The van der Waals surface area contributed by atoms with Gasteiger partial charge in [-0.25, -0.2) is 4.98 Å². The molecule has 0 spiro atoms. The van der Waals surface area contributed by atoms with Gasteiger partial charge in [0, 0.05) is 30.9 Å². The smallest absolute Gasteiger partial charge is 0.223 e. The topological polar surface area (TPSA) is 72.9 Å². The molecule has 1 aliphatic carbocycles. The fourth-order valence-electron chi connectivity index (χ4n) is 3.37. The van der Waals surface area contributed by atoms with Gasteiger partial charge in [0.1, 0.15) is 5.82 Å². The molecule has 0 aliphatic heterocycles. The first kappa shape index (κ1) is 16.7. The molecule has 0 bridgehead atoms. The lowest BCUT2D eigenvalue weighted by molar-refractivity contribution is -0.125. The molecule has 3 N–H and O–H groups in total. The molecule has 128 valence electrons. The minimum absolute atomic E-state index is 0.0708. The predicted molar refractivity (Wildman–Crippen MR) is 94.2 cm³/mol. The van der Waals surface area contributed by atoms with Crippen LogP contribution in [0.25, 0.3) is 0 Å². The molecule has 24 heavy (non-hydrogen) atoms. The van der Waals surface area contributed by atoms with Crippen LogP contribution in [0.15, 0.2) is 42.7 Å². The molecule has 0 saturated heterocycles. The molecule has 2 unspecified atom stereocenters. The molecular formula is C19H26N4O. The van der Waals surface area contributed by atoms with Crippen LogP contribution < -0.4 is 11.1 Å². The zero-order valence-corrected chi connectivity index (χ0v) is 14.0. The van der Waals surface area contributed by atoms with E-state index in [9.17, 15) is 4.79 Å². The van der Waals surface area contributed by atoms with Crippen LogP contribution >= 0.6 is 0 Å². The molecule has 1 amide bonds. The third-order valence-corrected chi connectivity index (χ3v) is 4.77. The van der Waals surface area contributed by atoms with E-state index in [1.54, 1.807) is 6.20 Å². The van der Waals surface area contributed by atoms with Gasteiger partial charge in [-0.05, 0) is 37.7 Å². The molecule has 1 aromatic heterocycles. The zero-order valence-electron chi connectivity index (χ0n) is 14.0. The average Bonchev–Trinajstić information content (AvgIpc) is 3.23. The summed E-state index contributed by atoms with van der Waals surface area (Å²) in [4.78, 5) is 16.6. The zero-order chi connectivity index (χ0) is 16.8. The molecule has 1 heterocycles. The first-order valence-corrected chi connectivity index (χ1v) is 8.79. The SMILES string of the molecule is NC1CCC(C(=O)NCc2nccn2CCCc2ccccc2)C1. The highest BCUT2D eigenvalue weighted by Gasteiger charge is 2.27. The number of rotatable bonds is 7. The van der Waals surface area contributed by atoms with Gasteiger partial charge in [0.05, 0.1) is 6.54 Å². The first-order chi connectivity index (χ1) is 11.7. The lowest BCUT2D eigenvalue weighted by Gasteiger charge is -2.12. The van der Waals surface area contributed by atoms with Gasteiger partial charge < -0.3 is 15.6 Å². The summed E-state index contributed by atoms with van der Waals surface area (Å²) in [5, 5.41) is 3.02. The van der Waals surface area contributed by atoms with Gasteiger partial charge in [-0.3, -0.25) is 4.79 Å². The van der Waals surface area contributed by atoms with Crippen LogP contribution in [0.3, 0.4) is 0 Å². The van der Waals surface area contributed by atoms with Gasteiger partial charge in [0.25, 0.3) is 0 Å². The second-order valence-corrected chi connectivity index (χ2v) is 6.61. The Hall–Kier alpha value is -2.14. The van der Waals surface area contributed by atoms with Crippen molar-refractivity contribution < 1.29 is 4.79 Å². The van der Waals surface area contributed by atoms with Crippen molar-refractivity contribution in [3.8, 4) is 0 Å². The van der Waals surface area contributed by atoms with Gasteiger partial charge in [0.2, 0.25) is 5.91 Å². The second kappa shape index (κ2) is 8.11. The summed E-state index contributed by atoms with van der Waals surface area (Å²) in [6.45, 7) is 1.40. The Labute approximate surface area is 143 Å². The fraction of sp³-hybridized carbons (Fsp3) is 0.474. The number of hydrogen-bond donors (Lipinski definition) is 2. The van der Waals surface area contributed by atoms with Gasteiger partial charge >= 0.3 is 0 Å².